The molecule has 0 radical (unpaired) electrons. The Labute approximate surface area is 138 Å². The van der Waals surface area contributed by atoms with Gasteiger partial charge < -0.3 is 5.32 Å². The number of hydrogen-bond donors (Lipinski definition) is 1. The van der Waals surface area contributed by atoms with Gasteiger partial charge in [0.25, 0.3) is 0 Å². The Hall–Kier alpha value is -0.170. The minimum absolute atomic E-state index is 0.220. The van der Waals surface area contributed by atoms with Gasteiger partial charge in [-0.3, -0.25) is 0 Å². The van der Waals surface area contributed by atoms with E-state index in [9.17, 15) is 4.39 Å². The Morgan fingerprint density at radius 1 is 1.26 bits per heavy atom. The Morgan fingerprint density at radius 3 is 2.47 bits per heavy atom. The van der Waals surface area contributed by atoms with Gasteiger partial charge in [0.05, 0.1) is 11.1 Å². The van der Waals surface area contributed by atoms with E-state index >= 15 is 0 Å². The van der Waals surface area contributed by atoms with Crippen molar-refractivity contribution in [3.63, 3.8) is 0 Å². The average Bonchev–Trinajstić information content (AvgIpc) is 2.38. The lowest BCUT2D eigenvalue weighted by molar-refractivity contribution is 0.575. The summed E-state index contributed by atoms with van der Waals surface area (Å²) in [4.78, 5) is 0. The molecule has 0 aliphatic carbocycles. The van der Waals surface area contributed by atoms with Gasteiger partial charge in [0.15, 0.2) is 0 Å². The fraction of sp³-hybridized carbons (Fsp3) is 0.143. The fourth-order valence-electron chi connectivity index (χ4n) is 1.92. The first-order valence-electron chi connectivity index (χ1n) is 5.60. The summed E-state index contributed by atoms with van der Waals surface area (Å²) in [6.07, 6.45) is 0. The zero-order chi connectivity index (χ0) is 14.0. The van der Waals surface area contributed by atoms with Gasteiger partial charge in [0.2, 0.25) is 0 Å². The van der Waals surface area contributed by atoms with Crippen molar-refractivity contribution in [2.24, 2.45) is 0 Å². The van der Waals surface area contributed by atoms with Gasteiger partial charge >= 0.3 is 0 Å². The van der Waals surface area contributed by atoms with Crippen LogP contribution < -0.4 is 5.32 Å². The molecule has 0 saturated heterocycles. The topological polar surface area (TPSA) is 12.0 Å². The van der Waals surface area contributed by atoms with Crippen molar-refractivity contribution in [1.82, 2.24) is 5.32 Å². The molecular weight excluding hydrogens is 443 g/mol. The minimum atomic E-state index is -0.283. The van der Waals surface area contributed by atoms with E-state index in [4.69, 9.17) is 11.6 Å². The van der Waals surface area contributed by atoms with Crippen LogP contribution in [0.15, 0.2) is 40.9 Å². The first-order chi connectivity index (χ1) is 9.02. The first kappa shape index (κ1) is 15.2. The third kappa shape index (κ3) is 3.48. The second-order valence-corrected chi connectivity index (χ2v) is 6.57. The highest BCUT2D eigenvalue weighted by Gasteiger charge is 2.18. The molecule has 2 aromatic carbocycles. The van der Waals surface area contributed by atoms with Crippen LogP contribution in [0, 0.1) is 9.39 Å². The second-order valence-electron chi connectivity index (χ2n) is 4.06. The summed E-state index contributed by atoms with van der Waals surface area (Å²) >= 11 is 11.5. The van der Waals surface area contributed by atoms with Gasteiger partial charge in [-0.15, -0.1) is 0 Å². The van der Waals surface area contributed by atoms with Crippen molar-refractivity contribution in [3.8, 4) is 0 Å². The number of nitrogens with one attached hydrogen (secondary N) is 1. The molecule has 0 aromatic heterocycles. The van der Waals surface area contributed by atoms with Crippen molar-refractivity contribution in [2.45, 2.75) is 6.04 Å². The molecule has 0 amide bonds. The van der Waals surface area contributed by atoms with E-state index in [0.29, 0.717) is 15.1 Å². The van der Waals surface area contributed by atoms with Crippen LogP contribution in [0.1, 0.15) is 17.2 Å². The van der Waals surface area contributed by atoms with Crippen molar-refractivity contribution in [1.29, 1.82) is 0 Å². The Kier molecular flexibility index (Phi) is 5.22. The van der Waals surface area contributed by atoms with Crippen LogP contribution in [0.2, 0.25) is 5.02 Å². The number of benzene rings is 2. The maximum Gasteiger partial charge on any atom is 0.129 e. The predicted molar refractivity (Wildman–Crippen MR) is 89.2 cm³/mol. The molecule has 0 aliphatic rings. The minimum Gasteiger partial charge on any atom is -0.309 e. The smallest absolute Gasteiger partial charge is 0.129 e. The summed E-state index contributed by atoms with van der Waals surface area (Å²) < 4.78 is 15.8. The highest BCUT2D eigenvalue weighted by Crippen LogP contribution is 2.31. The van der Waals surface area contributed by atoms with Crippen molar-refractivity contribution < 1.29 is 4.39 Å². The lowest BCUT2D eigenvalue weighted by Gasteiger charge is -2.18. The van der Waals surface area contributed by atoms with Crippen molar-refractivity contribution in [3.05, 3.63) is 66.4 Å². The van der Waals surface area contributed by atoms with Crippen LogP contribution in [-0.4, -0.2) is 7.05 Å². The Bertz CT molecular complexity index is 589. The molecule has 100 valence electrons. The third-order valence-electron chi connectivity index (χ3n) is 2.84. The molecule has 1 N–H and O–H groups in total. The monoisotopic (exact) mass is 453 g/mol. The predicted octanol–water partition coefficient (Wildman–Crippen LogP) is 5.16. The molecular formula is C14H11BrClFIN. The van der Waals surface area contributed by atoms with E-state index in [0.717, 1.165) is 9.13 Å². The molecule has 0 bridgehead atoms. The van der Waals surface area contributed by atoms with Gasteiger partial charge in [-0.2, -0.15) is 0 Å². The lowest BCUT2D eigenvalue weighted by atomic mass is 9.98. The van der Waals surface area contributed by atoms with Crippen LogP contribution >= 0.6 is 50.1 Å². The van der Waals surface area contributed by atoms with Crippen molar-refractivity contribution >= 4 is 50.1 Å². The van der Waals surface area contributed by atoms with Gasteiger partial charge in [0.1, 0.15) is 5.82 Å². The summed E-state index contributed by atoms with van der Waals surface area (Å²) in [5.74, 6) is -0.283. The normalized spacial score (nSPS) is 12.5. The highest BCUT2D eigenvalue weighted by molar-refractivity contribution is 14.1. The standard InChI is InChI=1S/C14H11BrClFIN/c1-19-14(8-2-4-9(18)5-3-8)10-6-12(16)11(15)7-13(10)17/h2-7,14,19H,1H3. The van der Waals surface area contributed by atoms with Crippen LogP contribution in [0.3, 0.4) is 0 Å². The molecule has 1 nitrogen and oxygen atoms in total. The largest absolute Gasteiger partial charge is 0.309 e. The van der Waals surface area contributed by atoms with E-state index < -0.39 is 0 Å². The zero-order valence-corrected chi connectivity index (χ0v) is 14.6. The quantitative estimate of drug-likeness (QED) is 0.499. The summed E-state index contributed by atoms with van der Waals surface area (Å²) in [7, 11) is 1.80. The molecule has 2 aromatic rings. The summed E-state index contributed by atoms with van der Waals surface area (Å²) in [6, 6.07) is 10.8. The average molecular weight is 455 g/mol. The fourth-order valence-corrected chi connectivity index (χ4v) is 2.76. The van der Waals surface area contributed by atoms with Gasteiger partial charge in [0, 0.05) is 13.6 Å². The van der Waals surface area contributed by atoms with E-state index in [1.54, 1.807) is 13.1 Å². The molecule has 1 atom stereocenters. The summed E-state index contributed by atoms with van der Waals surface area (Å²) in [6.45, 7) is 0. The Morgan fingerprint density at radius 2 is 1.89 bits per heavy atom. The third-order valence-corrected chi connectivity index (χ3v) is 4.76. The van der Waals surface area contributed by atoms with Crippen LogP contribution in [0.5, 0.6) is 0 Å². The molecule has 0 heterocycles. The number of hydrogen-bond acceptors (Lipinski definition) is 1. The van der Waals surface area contributed by atoms with E-state index in [1.807, 2.05) is 24.3 Å². The van der Waals surface area contributed by atoms with Gasteiger partial charge in [-0.25, -0.2) is 4.39 Å². The number of rotatable bonds is 3. The molecule has 2 rings (SSSR count). The first-order valence-corrected chi connectivity index (χ1v) is 7.85. The van der Waals surface area contributed by atoms with Crippen LogP contribution in [-0.2, 0) is 0 Å². The molecule has 0 aliphatic heterocycles. The lowest BCUT2D eigenvalue weighted by Crippen LogP contribution is -2.19. The number of halogens is 4. The second kappa shape index (κ2) is 6.52. The van der Waals surface area contributed by atoms with Gasteiger partial charge in [-0.05, 0) is 75.4 Å². The summed E-state index contributed by atoms with van der Waals surface area (Å²) in [5.41, 5.74) is 1.54. The van der Waals surface area contributed by atoms with E-state index in [-0.39, 0.29) is 11.9 Å². The molecule has 19 heavy (non-hydrogen) atoms. The SMILES string of the molecule is CNC(c1ccc(I)cc1)c1cc(Cl)c(Br)cc1F. The van der Waals surface area contributed by atoms with Gasteiger partial charge in [-0.1, -0.05) is 23.7 Å². The zero-order valence-electron chi connectivity index (χ0n) is 10.1. The maximum absolute atomic E-state index is 14.1. The molecule has 5 heteroatoms. The maximum atomic E-state index is 14.1. The van der Waals surface area contributed by atoms with E-state index in [1.165, 1.54) is 6.07 Å². The Balaban J connectivity index is 2.47. The highest BCUT2D eigenvalue weighted by atomic mass is 127. The molecule has 0 spiro atoms. The van der Waals surface area contributed by atoms with Crippen LogP contribution in [0.4, 0.5) is 4.39 Å². The molecule has 0 saturated carbocycles. The van der Waals surface area contributed by atoms with Crippen LogP contribution in [0.25, 0.3) is 0 Å². The molecule has 1 unspecified atom stereocenters. The summed E-state index contributed by atoms with van der Waals surface area (Å²) in [5, 5.41) is 3.63. The molecule has 0 fully saturated rings. The van der Waals surface area contributed by atoms with Crippen molar-refractivity contribution in [2.75, 3.05) is 7.05 Å². The van der Waals surface area contributed by atoms with E-state index in [2.05, 4.69) is 43.8 Å².